The van der Waals surface area contributed by atoms with Gasteiger partial charge in [0.25, 0.3) is 0 Å². The number of nitrogens with one attached hydrogen (secondary N) is 1. The van der Waals surface area contributed by atoms with Gasteiger partial charge in [-0.15, -0.1) is 0 Å². The molecule has 154 valence electrons. The zero-order valence-corrected chi connectivity index (χ0v) is 16.8. The number of benzene rings is 1. The van der Waals surface area contributed by atoms with Gasteiger partial charge in [-0.05, 0) is 48.7 Å². The fraction of sp³-hybridized carbons (Fsp3) is 0.333. The summed E-state index contributed by atoms with van der Waals surface area (Å²) >= 11 is 0. The predicted molar refractivity (Wildman–Crippen MR) is 113 cm³/mol. The minimum Gasteiger partial charge on any atom is -0.487 e. The summed E-state index contributed by atoms with van der Waals surface area (Å²) in [4.78, 5) is 28.9. The molecule has 0 spiro atoms. The lowest BCUT2D eigenvalue weighted by Gasteiger charge is -2.23. The van der Waals surface area contributed by atoms with Crippen LogP contribution in [-0.2, 0) is 16.2 Å². The van der Waals surface area contributed by atoms with Gasteiger partial charge in [0.05, 0.1) is 11.8 Å². The molecule has 3 rings (SSSR count). The predicted octanol–water partition coefficient (Wildman–Crippen LogP) is 3.83. The Bertz CT molecular complexity index is 911. The summed E-state index contributed by atoms with van der Waals surface area (Å²) in [6, 6.07) is 14.7. The molecule has 1 fully saturated rings. The van der Waals surface area contributed by atoms with Gasteiger partial charge in [-0.25, -0.2) is 0 Å². The second-order valence-electron chi connectivity index (χ2n) is 7.32. The van der Waals surface area contributed by atoms with E-state index >= 15 is 0 Å². The number of carbonyl (C=O) groups is 2. The van der Waals surface area contributed by atoms with Crippen LogP contribution in [0.2, 0.25) is 0 Å². The van der Waals surface area contributed by atoms with Crippen LogP contribution < -0.4 is 10.1 Å². The SMILES string of the molecule is N#CC(C(=O)/C=C/c1ccc(OCc2ccccn2)cc1)C(=O)NC1CCCCC1. The van der Waals surface area contributed by atoms with E-state index in [9.17, 15) is 14.9 Å². The van der Waals surface area contributed by atoms with Crippen molar-refractivity contribution in [2.45, 2.75) is 44.8 Å². The first-order chi connectivity index (χ1) is 14.7. The molecule has 0 aliphatic heterocycles. The van der Waals surface area contributed by atoms with Crippen LogP contribution in [0, 0.1) is 17.2 Å². The molecule has 1 aromatic carbocycles. The number of nitriles is 1. The molecule has 1 aliphatic carbocycles. The number of ketones is 1. The maximum absolute atomic E-state index is 12.4. The summed E-state index contributed by atoms with van der Waals surface area (Å²) < 4.78 is 5.68. The average Bonchev–Trinajstić information content (AvgIpc) is 2.79. The molecular weight excluding hydrogens is 378 g/mol. The molecule has 0 saturated heterocycles. The number of allylic oxidation sites excluding steroid dienone is 1. The molecule has 0 bridgehead atoms. The van der Waals surface area contributed by atoms with Crippen molar-refractivity contribution in [1.82, 2.24) is 10.3 Å². The maximum atomic E-state index is 12.4. The summed E-state index contributed by atoms with van der Waals surface area (Å²) in [5, 5.41) is 12.1. The molecule has 6 heteroatoms. The van der Waals surface area contributed by atoms with Crippen LogP contribution in [-0.4, -0.2) is 22.7 Å². The Morgan fingerprint density at radius 1 is 1.17 bits per heavy atom. The van der Waals surface area contributed by atoms with Crippen molar-refractivity contribution < 1.29 is 14.3 Å². The van der Waals surface area contributed by atoms with Gasteiger partial charge in [0.2, 0.25) is 5.91 Å². The molecule has 1 atom stereocenters. The molecule has 1 aliphatic rings. The van der Waals surface area contributed by atoms with Gasteiger partial charge in [0.1, 0.15) is 12.4 Å². The number of amides is 1. The summed E-state index contributed by atoms with van der Waals surface area (Å²) in [5.41, 5.74) is 1.61. The quantitative estimate of drug-likeness (QED) is 0.534. The highest BCUT2D eigenvalue weighted by atomic mass is 16.5. The molecule has 1 unspecified atom stereocenters. The van der Waals surface area contributed by atoms with Crippen molar-refractivity contribution in [3.8, 4) is 11.8 Å². The van der Waals surface area contributed by atoms with Crippen LogP contribution in [0.5, 0.6) is 5.75 Å². The number of aromatic nitrogens is 1. The van der Waals surface area contributed by atoms with Crippen LogP contribution in [0.3, 0.4) is 0 Å². The molecule has 1 N–H and O–H groups in total. The maximum Gasteiger partial charge on any atom is 0.245 e. The Labute approximate surface area is 176 Å². The Kier molecular flexibility index (Phi) is 7.73. The van der Waals surface area contributed by atoms with Crippen molar-refractivity contribution in [3.05, 3.63) is 66.0 Å². The lowest BCUT2D eigenvalue weighted by molar-refractivity contribution is -0.130. The van der Waals surface area contributed by atoms with E-state index in [2.05, 4.69) is 10.3 Å². The van der Waals surface area contributed by atoms with E-state index in [0.717, 1.165) is 36.9 Å². The third-order valence-electron chi connectivity index (χ3n) is 5.06. The Hall–Kier alpha value is -3.46. The van der Waals surface area contributed by atoms with Gasteiger partial charge in [-0.3, -0.25) is 14.6 Å². The van der Waals surface area contributed by atoms with E-state index in [0.29, 0.717) is 12.4 Å². The van der Waals surface area contributed by atoms with Crippen LogP contribution in [0.15, 0.2) is 54.7 Å². The fourth-order valence-corrected chi connectivity index (χ4v) is 3.37. The highest BCUT2D eigenvalue weighted by Crippen LogP contribution is 2.18. The molecule has 6 nitrogen and oxygen atoms in total. The molecule has 1 heterocycles. The number of pyridine rings is 1. The first kappa shape index (κ1) is 21.3. The molecule has 1 saturated carbocycles. The number of nitrogens with zero attached hydrogens (tertiary/aromatic N) is 2. The van der Waals surface area contributed by atoms with E-state index in [1.807, 2.05) is 24.3 Å². The third kappa shape index (κ3) is 6.28. The van der Waals surface area contributed by atoms with Crippen molar-refractivity contribution in [3.63, 3.8) is 0 Å². The zero-order chi connectivity index (χ0) is 21.2. The van der Waals surface area contributed by atoms with Gasteiger partial charge >= 0.3 is 0 Å². The summed E-state index contributed by atoms with van der Waals surface area (Å²) in [6.45, 7) is 0.370. The molecule has 30 heavy (non-hydrogen) atoms. The van der Waals surface area contributed by atoms with Gasteiger partial charge in [-0.2, -0.15) is 5.26 Å². The van der Waals surface area contributed by atoms with Gasteiger partial charge < -0.3 is 10.1 Å². The Balaban J connectivity index is 1.52. The normalized spacial score (nSPS) is 15.3. The second-order valence-corrected chi connectivity index (χ2v) is 7.32. The van der Waals surface area contributed by atoms with Crippen LogP contribution >= 0.6 is 0 Å². The topological polar surface area (TPSA) is 92.1 Å². The van der Waals surface area contributed by atoms with Gasteiger partial charge in [-0.1, -0.05) is 43.5 Å². The van der Waals surface area contributed by atoms with Crippen molar-refractivity contribution in [1.29, 1.82) is 5.26 Å². The molecule has 2 aromatic rings. The average molecular weight is 403 g/mol. The van der Waals surface area contributed by atoms with Gasteiger partial charge in [0, 0.05) is 12.2 Å². The van der Waals surface area contributed by atoms with Crippen molar-refractivity contribution >= 4 is 17.8 Å². The van der Waals surface area contributed by atoms with Crippen molar-refractivity contribution in [2.24, 2.45) is 5.92 Å². The number of hydrogen-bond acceptors (Lipinski definition) is 5. The first-order valence-corrected chi connectivity index (χ1v) is 10.2. The van der Waals surface area contributed by atoms with E-state index in [4.69, 9.17) is 4.74 Å². The van der Waals surface area contributed by atoms with Crippen LogP contribution in [0.4, 0.5) is 0 Å². The van der Waals surface area contributed by atoms with E-state index < -0.39 is 17.6 Å². The number of carbonyl (C=O) groups excluding carboxylic acids is 2. The van der Waals surface area contributed by atoms with E-state index in [1.54, 1.807) is 36.5 Å². The Morgan fingerprint density at radius 2 is 1.93 bits per heavy atom. The fourth-order valence-electron chi connectivity index (χ4n) is 3.37. The minimum atomic E-state index is -1.32. The molecule has 1 amide bonds. The number of ether oxygens (including phenoxy) is 1. The number of hydrogen-bond donors (Lipinski definition) is 1. The molecular formula is C24H25N3O3. The van der Waals surface area contributed by atoms with E-state index in [-0.39, 0.29) is 6.04 Å². The lowest BCUT2D eigenvalue weighted by atomic mass is 9.94. The third-order valence-corrected chi connectivity index (χ3v) is 5.06. The smallest absolute Gasteiger partial charge is 0.245 e. The highest BCUT2D eigenvalue weighted by molar-refractivity contribution is 6.10. The number of rotatable bonds is 8. The highest BCUT2D eigenvalue weighted by Gasteiger charge is 2.27. The Morgan fingerprint density at radius 3 is 2.60 bits per heavy atom. The van der Waals surface area contributed by atoms with Crippen molar-refractivity contribution in [2.75, 3.05) is 0 Å². The lowest BCUT2D eigenvalue weighted by Crippen LogP contribution is -2.41. The first-order valence-electron chi connectivity index (χ1n) is 10.2. The summed E-state index contributed by atoms with van der Waals surface area (Å²) in [7, 11) is 0. The van der Waals surface area contributed by atoms with Crippen LogP contribution in [0.25, 0.3) is 6.08 Å². The van der Waals surface area contributed by atoms with Crippen LogP contribution in [0.1, 0.15) is 43.4 Å². The summed E-state index contributed by atoms with van der Waals surface area (Å²) in [5.74, 6) is -1.64. The largest absolute Gasteiger partial charge is 0.487 e. The zero-order valence-electron chi connectivity index (χ0n) is 16.8. The molecule has 0 radical (unpaired) electrons. The second kappa shape index (κ2) is 10.9. The van der Waals surface area contributed by atoms with E-state index in [1.165, 1.54) is 12.5 Å². The summed E-state index contributed by atoms with van der Waals surface area (Å²) in [6.07, 6.45) is 9.72. The monoisotopic (exact) mass is 403 g/mol. The minimum absolute atomic E-state index is 0.0671. The van der Waals surface area contributed by atoms with Gasteiger partial charge in [0.15, 0.2) is 11.7 Å². The standard InChI is InChI=1S/C24H25N3O3/c25-16-22(24(29)27-19-6-2-1-3-7-19)23(28)14-11-18-9-12-21(13-10-18)30-17-20-8-4-5-15-26-20/h4-5,8-15,19,22H,1-3,6-7,17H2,(H,27,29)/b14-11+. The molecule has 1 aromatic heterocycles.